The minimum absolute atomic E-state index is 0.145. The largest absolute Gasteiger partial charge is 0.348 e. The molecule has 1 aromatic carbocycles. The number of benzene rings is 1. The molecule has 1 heterocycles. The van der Waals surface area contributed by atoms with Gasteiger partial charge in [0.2, 0.25) is 0 Å². The average Bonchev–Trinajstić information content (AvgIpc) is 2.59. The number of hydrogen-bond acceptors (Lipinski definition) is 2. The van der Waals surface area contributed by atoms with Gasteiger partial charge in [0.25, 0.3) is 5.69 Å². The van der Waals surface area contributed by atoms with Gasteiger partial charge in [-0.15, -0.1) is 0 Å². The molecule has 2 rings (SSSR count). The van der Waals surface area contributed by atoms with Gasteiger partial charge in [-0.3, -0.25) is 10.1 Å². The van der Waals surface area contributed by atoms with E-state index in [0.29, 0.717) is 0 Å². The first-order valence-electron chi connectivity index (χ1n) is 4.45. The average molecular weight is 190 g/mol. The van der Waals surface area contributed by atoms with Gasteiger partial charge in [0.15, 0.2) is 0 Å². The third-order valence-electron chi connectivity index (χ3n) is 2.31. The first-order chi connectivity index (χ1) is 6.72. The fourth-order valence-corrected chi connectivity index (χ4v) is 1.58. The topological polar surface area (TPSA) is 48.1 Å². The van der Waals surface area contributed by atoms with Crippen molar-refractivity contribution in [3.8, 4) is 0 Å². The first-order valence-corrected chi connectivity index (χ1v) is 4.45. The fraction of sp³-hybridized carbons (Fsp3) is 0.200. The van der Waals surface area contributed by atoms with Crippen molar-refractivity contribution in [3.05, 3.63) is 40.6 Å². The van der Waals surface area contributed by atoms with Crippen LogP contribution in [0.5, 0.6) is 0 Å². The van der Waals surface area contributed by atoms with E-state index < -0.39 is 0 Å². The zero-order valence-corrected chi connectivity index (χ0v) is 7.80. The molecule has 0 N–H and O–H groups in total. The van der Waals surface area contributed by atoms with E-state index >= 15 is 0 Å². The van der Waals surface area contributed by atoms with Crippen LogP contribution in [0.15, 0.2) is 30.5 Å². The summed E-state index contributed by atoms with van der Waals surface area (Å²) in [6, 6.07) is 6.82. The molecule has 14 heavy (non-hydrogen) atoms. The van der Waals surface area contributed by atoms with Gasteiger partial charge in [0.05, 0.1) is 4.92 Å². The fourth-order valence-electron chi connectivity index (χ4n) is 1.58. The van der Waals surface area contributed by atoms with Gasteiger partial charge in [-0.1, -0.05) is 0 Å². The Balaban J connectivity index is 2.63. The summed E-state index contributed by atoms with van der Waals surface area (Å²) < 4.78 is 2.05. The third-order valence-corrected chi connectivity index (χ3v) is 2.31. The molecular formula is C10H10N2O2. The molecule has 0 atom stereocenters. The maximum absolute atomic E-state index is 10.5. The lowest BCUT2D eigenvalue weighted by Gasteiger charge is -1.99. The van der Waals surface area contributed by atoms with Gasteiger partial charge in [-0.2, -0.15) is 0 Å². The molecule has 0 amide bonds. The number of hydrogen-bond donors (Lipinski definition) is 0. The molecule has 0 saturated carbocycles. The molecule has 72 valence electrons. The second-order valence-corrected chi connectivity index (χ2v) is 3.10. The van der Waals surface area contributed by atoms with Gasteiger partial charge in [0.1, 0.15) is 0 Å². The van der Waals surface area contributed by atoms with Crippen molar-refractivity contribution in [1.29, 1.82) is 0 Å². The van der Waals surface area contributed by atoms with Crippen LogP contribution in [0.4, 0.5) is 5.69 Å². The second-order valence-electron chi connectivity index (χ2n) is 3.10. The lowest BCUT2D eigenvalue weighted by Crippen LogP contribution is -1.91. The second kappa shape index (κ2) is 3.14. The summed E-state index contributed by atoms with van der Waals surface area (Å²) in [5, 5.41) is 11.4. The SMILES string of the molecule is CCn1ccc2cc([N+](=O)[O-])ccc21. The monoisotopic (exact) mass is 190 g/mol. The molecular weight excluding hydrogens is 180 g/mol. The molecule has 0 fully saturated rings. The van der Waals surface area contributed by atoms with Crippen molar-refractivity contribution in [1.82, 2.24) is 4.57 Å². The molecule has 0 spiro atoms. The van der Waals surface area contributed by atoms with Crippen molar-refractivity contribution >= 4 is 16.6 Å². The zero-order chi connectivity index (χ0) is 10.1. The van der Waals surface area contributed by atoms with E-state index in [4.69, 9.17) is 0 Å². The van der Waals surface area contributed by atoms with Gasteiger partial charge in [0, 0.05) is 35.8 Å². The molecule has 0 saturated heterocycles. The van der Waals surface area contributed by atoms with Crippen LogP contribution in [0.1, 0.15) is 6.92 Å². The van der Waals surface area contributed by atoms with E-state index in [2.05, 4.69) is 4.57 Å². The number of non-ortho nitro benzene ring substituents is 1. The van der Waals surface area contributed by atoms with Crippen LogP contribution in [0.25, 0.3) is 10.9 Å². The van der Waals surface area contributed by atoms with Gasteiger partial charge >= 0.3 is 0 Å². The Hall–Kier alpha value is -1.84. The summed E-state index contributed by atoms with van der Waals surface area (Å²) in [6.45, 7) is 2.92. The minimum Gasteiger partial charge on any atom is -0.348 e. The summed E-state index contributed by atoms with van der Waals surface area (Å²) in [5.74, 6) is 0. The van der Waals surface area contributed by atoms with E-state index in [1.54, 1.807) is 12.1 Å². The lowest BCUT2D eigenvalue weighted by atomic mass is 10.2. The number of aromatic nitrogens is 1. The van der Waals surface area contributed by atoms with E-state index in [1.165, 1.54) is 6.07 Å². The Kier molecular flexibility index (Phi) is 1.96. The smallest absolute Gasteiger partial charge is 0.270 e. The third kappa shape index (κ3) is 1.25. The normalized spacial score (nSPS) is 10.6. The predicted molar refractivity (Wildman–Crippen MR) is 54.3 cm³/mol. The number of aryl methyl sites for hydroxylation is 1. The molecule has 0 radical (unpaired) electrons. The molecule has 0 aliphatic heterocycles. The van der Waals surface area contributed by atoms with E-state index in [1.807, 2.05) is 19.2 Å². The van der Waals surface area contributed by atoms with Gasteiger partial charge in [-0.25, -0.2) is 0 Å². The summed E-state index contributed by atoms with van der Waals surface area (Å²) in [4.78, 5) is 10.1. The number of nitrogens with zero attached hydrogens (tertiary/aromatic N) is 2. The predicted octanol–water partition coefficient (Wildman–Crippen LogP) is 2.57. The number of nitro groups is 1. The van der Waals surface area contributed by atoms with E-state index in [9.17, 15) is 10.1 Å². The highest BCUT2D eigenvalue weighted by molar-refractivity contribution is 5.82. The van der Waals surface area contributed by atoms with Crippen LogP contribution in [-0.2, 0) is 6.54 Å². The molecule has 1 aromatic heterocycles. The zero-order valence-electron chi connectivity index (χ0n) is 7.80. The highest BCUT2D eigenvalue weighted by Crippen LogP contribution is 2.21. The lowest BCUT2D eigenvalue weighted by molar-refractivity contribution is -0.384. The quantitative estimate of drug-likeness (QED) is 0.539. The summed E-state index contributed by atoms with van der Waals surface area (Å²) in [6.07, 6.45) is 1.94. The molecule has 0 unspecified atom stereocenters. The summed E-state index contributed by atoms with van der Waals surface area (Å²) in [5.41, 5.74) is 1.18. The Morgan fingerprint density at radius 1 is 1.43 bits per heavy atom. The molecule has 2 aromatic rings. The number of rotatable bonds is 2. The van der Waals surface area contributed by atoms with Crippen molar-refractivity contribution in [2.24, 2.45) is 0 Å². The van der Waals surface area contributed by atoms with Gasteiger partial charge < -0.3 is 4.57 Å². The summed E-state index contributed by atoms with van der Waals surface area (Å²) in [7, 11) is 0. The van der Waals surface area contributed by atoms with Crippen LogP contribution in [0.3, 0.4) is 0 Å². The Morgan fingerprint density at radius 3 is 2.86 bits per heavy atom. The standard InChI is InChI=1S/C10H10N2O2/c1-2-11-6-5-8-7-9(12(13)14)3-4-10(8)11/h3-7H,2H2,1H3. The highest BCUT2D eigenvalue weighted by atomic mass is 16.6. The first kappa shape index (κ1) is 8.74. The van der Waals surface area contributed by atoms with Crippen LogP contribution >= 0.6 is 0 Å². The van der Waals surface area contributed by atoms with Crippen LogP contribution in [0, 0.1) is 10.1 Å². The maximum atomic E-state index is 10.5. The van der Waals surface area contributed by atoms with Crippen molar-refractivity contribution in [2.45, 2.75) is 13.5 Å². The van der Waals surface area contributed by atoms with E-state index in [0.717, 1.165) is 17.4 Å². The molecule has 4 heteroatoms. The molecule has 0 bridgehead atoms. The minimum atomic E-state index is -0.372. The Morgan fingerprint density at radius 2 is 2.21 bits per heavy atom. The van der Waals surface area contributed by atoms with E-state index in [-0.39, 0.29) is 10.6 Å². The number of fused-ring (bicyclic) bond motifs is 1. The molecule has 4 nitrogen and oxygen atoms in total. The molecule has 0 aliphatic rings. The highest BCUT2D eigenvalue weighted by Gasteiger charge is 2.07. The van der Waals surface area contributed by atoms with Crippen molar-refractivity contribution in [3.63, 3.8) is 0 Å². The van der Waals surface area contributed by atoms with Crippen LogP contribution in [0.2, 0.25) is 0 Å². The maximum Gasteiger partial charge on any atom is 0.270 e. The van der Waals surface area contributed by atoms with Crippen molar-refractivity contribution < 1.29 is 4.92 Å². The molecule has 0 aliphatic carbocycles. The van der Waals surface area contributed by atoms with Crippen LogP contribution < -0.4 is 0 Å². The van der Waals surface area contributed by atoms with Gasteiger partial charge in [-0.05, 0) is 19.1 Å². The number of nitro benzene ring substituents is 1. The van der Waals surface area contributed by atoms with Crippen molar-refractivity contribution in [2.75, 3.05) is 0 Å². The van der Waals surface area contributed by atoms with Crippen LogP contribution in [-0.4, -0.2) is 9.49 Å². The Bertz CT molecular complexity index is 488. The summed E-state index contributed by atoms with van der Waals surface area (Å²) >= 11 is 0. The Labute approximate surface area is 80.9 Å².